The first kappa shape index (κ1) is 17.0. The molecule has 104 valence electrons. The van der Waals surface area contributed by atoms with Gasteiger partial charge in [-0.05, 0) is 42.4 Å². The number of hydrogen-bond donors (Lipinski definition) is 1. The maximum Gasteiger partial charge on any atom is 0.0573 e. The molecule has 17 heavy (non-hydrogen) atoms. The molecule has 3 atom stereocenters. The topological polar surface area (TPSA) is 20.2 Å². The maximum atomic E-state index is 10.3. The van der Waals surface area contributed by atoms with Gasteiger partial charge in [-0.2, -0.15) is 0 Å². The average molecular weight is 242 g/mol. The molecule has 0 aliphatic rings. The molecule has 1 N–H and O–H groups in total. The van der Waals surface area contributed by atoms with E-state index in [9.17, 15) is 5.11 Å². The Bertz CT molecular complexity index is 190. The van der Waals surface area contributed by atoms with E-state index < -0.39 is 0 Å². The monoisotopic (exact) mass is 242 g/mol. The third kappa shape index (κ3) is 7.08. The van der Waals surface area contributed by atoms with Crippen LogP contribution < -0.4 is 0 Å². The van der Waals surface area contributed by atoms with Gasteiger partial charge in [0.1, 0.15) is 0 Å². The molecule has 0 bridgehead atoms. The molecule has 0 aromatic rings. The van der Waals surface area contributed by atoms with Gasteiger partial charge >= 0.3 is 0 Å². The molecule has 0 aromatic heterocycles. The van der Waals surface area contributed by atoms with Crippen molar-refractivity contribution >= 4 is 0 Å². The zero-order chi connectivity index (χ0) is 13.6. The van der Waals surface area contributed by atoms with E-state index in [2.05, 4.69) is 48.5 Å². The van der Waals surface area contributed by atoms with Crippen LogP contribution in [0, 0.1) is 23.2 Å². The van der Waals surface area contributed by atoms with Crippen molar-refractivity contribution in [2.45, 2.75) is 80.3 Å². The molecule has 0 aliphatic heterocycles. The number of rotatable bonds is 7. The highest BCUT2D eigenvalue weighted by molar-refractivity contribution is 4.81. The van der Waals surface area contributed by atoms with Crippen molar-refractivity contribution in [3.8, 4) is 0 Å². The van der Waals surface area contributed by atoms with Gasteiger partial charge in [-0.3, -0.25) is 0 Å². The van der Waals surface area contributed by atoms with Crippen molar-refractivity contribution in [1.82, 2.24) is 0 Å². The van der Waals surface area contributed by atoms with Gasteiger partial charge in [0.05, 0.1) is 6.10 Å². The summed E-state index contributed by atoms with van der Waals surface area (Å²) in [7, 11) is 0. The first-order valence-corrected chi connectivity index (χ1v) is 7.36. The van der Waals surface area contributed by atoms with Crippen LogP contribution in [0.25, 0.3) is 0 Å². The highest BCUT2D eigenvalue weighted by Gasteiger charge is 2.31. The van der Waals surface area contributed by atoms with Crippen LogP contribution in [0.4, 0.5) is 0 Å². The third-order valence-corrected chi connectivity index (χ3v) is 3.69. The van der Waals surface area contributed by atoms with Gasteiger partial charge < -0.3 is 5.11 Å². The normalized spacial score (nSPS) is 18.2. The lowest BCUT2D eigenvalue weighted by Gasteiger charge is -2.36. The predicted molar refractivity (Wildman–Crippen MR) is 77.1 cm³/mol. The molecule has 0 rings (SSSR count). The van der Waals surface area contributed by atoms with Gasteiger partial charge in [-0.1, -0.05) is 54.9 Å². The fraction of sp³-hybridized carbons (Fsp3) is 1.00. The van der Waals surface area contributed by atoms with Gasteiger partial charge in [-0.15, -0.1) is 0 Å². The molecule has 1 heteroatoms. The zero-order valence-electron chi connectivity index (χ0n) is 13.1. The first-order valence-electron chi connectivity index (χ1n) is 7.36. The molecule has 3 unspecified atom stereocenters. The van der Waals surface area contributed by atoms with E-state index in [1.54, 1.807) is 0 Å². The minimum absolute atomic E-state index is 0.130. The van der Waals surface area contributed by atoms with E-state index in [1.165, 1.54) is 6.42 Å². The zero-order valence-corrected chi connectivity index (χ0v) is 13.1. The summed E-state index contributed by atoms with van der Waals surface area (Å²) in [5.41, 5.74) is 0.208. The third-order valence-electron chi connectivity index (χ3n) is 3.69. The first-order chi connectivity index (χ1) is 7.68. The van der Waals surface area contributed by atoms with E-state index in [0.717, 1.165) is 25.2 Å². The highest BCUT2D eigenvalue weighted by Crippen LogP contribution is 2.36. The van der Waals surface area contributed by atoms with Crippen LogP contribution in [0.2, 0.25) is 0 Å². The lowest BCUT2D eigenvalue weighted by Crippen LogP contribution is -2.33. The van der Waals surface area contributed by atoms with Gasteiger partial charge in [-0.25, -0.2) is 0 Å². The van der Waals surface area contributed by atoms with Crippen LogP contribution in [0.15, 0.2) is 0 Å². The summed E-state index contributed by atoms with van der Waals surface area (Å²) < 4.78 is 0. The summed E-state index contributed by atoms with van der Waals surface area (Å²) in [5.74, 6) is 1.90. The molecule has 0 saturated heterocycles. The average Bonchev–Trinajstić information content (AvgIpc) is 2.11. The molecule has 0 heterocycles. The second kappa shape index (κ2) is 7.41. The number of aliphatic hydroxyl groups excluding tert-OH is 1. The lowest BCUT2D eigenvalue weighted by atomic mass is 9.71. The quantitative estimate of drug-likeness (QED) is 0.674. The van der Waals surface area contributed by atoms with E-state index in [4.69, 9.17) is 0 Å². The summed E-state index contributed by atoms with van der Waals surface area (Å²) in [4.78, 5) is 0. The van der Waals surface area contributed by atoms with Crippen molar-refractivity contribution in [1.29, 1.82) is 0 Å². The molecular weight excluding hydrogens is 208 g/mol. The van der Waals surface area contributed by atoms with Crippen LogP contribution in [0.3, 0.4) is 0 Å². The Kier molecular flexibility index (Phi) is 7.39. The second-order valence-electron chi connectivity index (χ2n) is 7.30. The molecular formula is C16H34O. The second-order valence-corrected chi connectivity index (χ2v) is 7.30. The molecule has 0 spiro atoms. The van der Waals surface area contributed by atoms with Crippen molar-refractivity contribution in [2.24, 2.45) is 23.2 Å². The Morgan fingerprint density at radius 1 is 1.00 bits per heavy atom. The highest BCUT2D eigenvalue weighted by atomic mass is 16.3. The van der Waals surface area contributed by atoms with Crippen molar-refractivity contribution < 1.29 is 5.11 Å². The molecule has 0 aromatic carbocycles. The predicted octanol–water partition coefficient (Wildman–Crippen LogP) is 4.88. The molecule has 0 amide bonds. The van der Waals surface area contributed by atoms with Crippen LogP contribution in [0.1, 0.15) is 74.1 Å². The molecule has 1 nitrogen and oxygen atoms in total. The van der Waals surface area contributed by atoms with Crippen LogP contribution >= 0.6 is 0 Å². The molecule has 0 radical (unpaired) electrons. The Hall–Kier alpha value is -0.0400. The fourth-order valence-electron chi connectivity index (χ4n) is 2.92. The van der Waals surface area contributed by atoms with Crippen molar-refractivity contribution in [3.05, 3.63) is 0 Å². The van der Waals surface area contributed by atoms with Crippen LogP contribution in [-0.4, -0.2) is 11.2 Å². The van der Waals surface area contributed by atoms with Crippen molar-refractivity contribution in [3.63, 3.8) is 0 Å². The Morgan fingerprint density at radius 3 is 1.88 bits per heavy atom. The number of aliphatic hydroxyl groups is 1. The standard InChI is InChI=1S/C16H34O/c1-8-9-15(17)14(16(5,6)7)11-13(4)10-12(2)3/h12-15,17H,8-11H2,1-7H3. The lowest BCUT2D eigenvalue weighted by molar-refractivity contribution is 0.0204. The summed E-state index contributed by atoms with van der Waals surface area (Å²) in [5, 5.41) is 10.3. The minimum Gasteiger partial charge on any atom is -0.393 e. The summed E-state index contributed by atoms with van der Waals surface area (Å²) >= 11 is 0. The SMILES string of the molecule is CCCC(O)C(CC(C)CC(C)C)C(C)(C)C. The largest absolute Gasteiger partial charge is 0.393 e. The van der Waals surface area contributed by atoms with E-state index >= 15 is 0 Å². The van der Waals surface area contributed by atoms with E-state index in [0.29, 0.717) is 11.8 Å². The summed E-state index contributed by atoms with van der Waals surface area (Å²) in [6.45, 7) is 15.8. The van der Waals surface area contributed by atoms with Crippen LogP contribution in [0.5, 0.6) is 0 Å². The smallest absolute Gasteiger partial charge is 0.0573 e. The molecule has 0 saturated carbocycles. The van der Waals surface area contributed by atoms with Gasteiger partial charge in [0, 0.05) is 0 Å². The van der Waals surface area contributed by atoms with E-state index in [1.807, 2.05) is 0 Å². The van der Waals surface area contributed by atoms with Gasteiger partial charge in [0.2, 0.25) is 0 Å². The van der Waals surface area contributed by atoms with E-state index in [-0.39, 0.29) is 11.5 Å². The van der Waals surface area contributed by atoms with Crippen LogP contribution in [-0.2, 0) is 0 Å². The summed E-state index contributed by atoms with van der Waals surface area (Å²) in [6, 6.07) is 0. The molecule has 0 fully saturated rings. The van der Waals surface area contributed by atoms with Crippen molar-refractivity contribution in [2.75, 3.05) is 0 Å². The molecule has 0 aliphatic carbocycles. The Balaban J connectivity index is 4.49. The minimum atomic E-state index is -0.130. The Morgan fingerprint density at radius 2 is 1.53 bits per heavy atom. The fourth-order valence-corrected chi connectivity index (χ4v) is 2.92. The Labute approximate surface area is 109 Å². The maximum absolute atomic E-state index is 10.3. The van der Waals surface area contributed by atoms with Gasteiger partial charge in [0.15, 0.2) is 0 Å². The summed E-state index contributed by atoms with van der Waals surface area (Å²) in [6.07, 6.45) is 4.31. The number of hydrogen-bond acceptors (Lipinski definition) is 1. The van der Waals surface area contributed by atoms with Gasteiger partial charge in [0.25, 0.3) is 0 Å².